The molecule has 0 spiro atoms. The van der Waals surface area contributed by atoms with E-state index in [1.807, 2.05) is 18.2 Å². The lowest BCUT2D eigenvalue weighted by atomic mass is 9.73. The van der Waals surface area contributed by atoms with Gasteiger partial charge in [-0.1, -0.05) is 44.2 Å². The molecular formula is C25H32N4O2. The summed E-state index contributed by atoms with van der Waals surface area (Å²) >= 11 is 0. The summed E-state index contributed by atoms with van der Waals surface area (Å²) in [6.07, 6.45) is 3.22. The monoisotopic (exact) mass is 420 g/mol. The first-order valence-electron chi connectivity index (χ1n) is 11.6. The van der Waals surface area contributed by atoms with Crippen LogP contribution in [0.3, 0.4) is 0 Å². The molecule has 31 heavy (non-hydrogen) atoms. The average molecular weight is 421 g/mol. The maximum atomic E-state index is 13.9. The minimum atomic E-state index is -0.434. The van der Waals surface area contributed by atoms with Gasteiger partial charge < -0.3 is 14.5 Å². The lowest BCUT2D eigenvalue weighted by Crippen LogP contribution is -2.50. The molecule has 4 heterocycles. The van der Waals surface area contributed by atoms with Crippen molar-refractivity contribution >= 4 is 11.7 Å². The minimum absolute atomic E-state index is 0.298. The predicted molar refractivity (Wildman–Crippen MR) is 120 cm³/mol. The van der Waals surface area contributed by atoms with Crippen LogP contribution in [-0.2, 0) is 14.9 Å². The third kappa shape index (κ3) is 3.71. The number of likely N-dealkylation sites (tertiary alicyclic amines) is 1. The Labute approximate surface area is 184 Å². The van der Waals surface area contributed by atoms with Crippen LogP contribution in [0.1, 0.15) is 43.9 Å². The summed E-state index contributed by atoms with van der Waals surface area (Å²) < 4.78 is 5.63. The van der Waals surface area contributed by atoms with Gasteiger partial charge in [0.25, 0.3) is 0 Å². The van der Waals surface area contributed by atoms with Crippen molar-refractivity contribution in [2.75, 3.05) is 44.3 Å². The van der Waals surface area contributed by atoms with Gasteiger partial charge in [-0.2, -0.15) is 0 Å². The topological polar surface area (TPSA) is 58.6 Å². The van der Waals surface area contributed by atoms with E-state index in [1.54, 1.807) is 6.33 Å². The Kier molecular flexibility index (Phi) is 5.42. The number of carbonyl (C=O) groups is 1. The number of anilines is 1. The van der Waals surface area contributed by atoms with Crippen LogP contribution in [0, 0.1) is 11.8 Å². The summed E-state index contributed by atoms with van der Waals surface area (Å²) in [5, 5.41) is 0. The summed E-state index contributed by atoms with van der Waals surface area (Å²) in [6.45, 7) is 9.24. The zero-order chi connectivity index (χ0) is 21.4. The van der Waals surface area contributed by atoms with Gasteiger partial charge in [0, 0.05) is 63.0 Å². The fourth-order valence-electron chi connectivity index (χ4n) is 5.60. The number of nitrogens with zero attached hydrogens (tertiary/aromatic N) is 4. The van der Waals surface area contributed by atoms with E-state index >= 15 is 0 Å². The second-order valence-corrected chi connectivity index (χ2v) is 9.65. The molecule has 1 aromatic heterocycles. The number of carbonyl (C=O) groups excluding carboxylic acids is 1. The molecule has 2 atom stereocenters. The van der Waals surface area contributed by atoms with Gasteiger partial charge in [0.2, 0.25) is 5.91 Å². The smallest absolute Gasteiger partial charge is 0.233 e. The summed E-state index contributed by atoms with van der Waals surface area (Å²) in [6, 6.07) is 12.5. The largest absolute Gasteiger partial charge is 0.381 e. The number of ether oxygens (including phenoxy) is 1. The van der Waals surface area contributed by atoms with E-state index in [4.69, 9.17) is 4.74 Å². The molecule has 5 rings (SSSR count). The van der Waals surface area contributed by atoms with Gasteiger partial charge >= 0.3 is 0 Å². The van der Waals surface area contributed by atoms with Crippen molar-refractivity contribution in [3.63, 3.8) is 0 Å². The lowest BCUT2D eigenvalue weighted by Gasteiger charge is -2.39. The Morgan fingerprint density at radius 2 is 1.71 bits per heavy atom. The number of fused-ring (bicyclic) bond motifs is 1. The van der Waals surface area contributed by atoms with Crippen molar-refractivity contribution in [3.8, 4) is 0 Å². The van der Waals surface area contributed by atoms with Crippen molar-refractivity contribution < 1.29 is 9.53 Å². The summed E-state index contributed by atoms with van der Waals surface area (Å²) in [4.78, 5) is 27.3. The zero-order valence-electron chi connectivity index (χ0n) is 18.5. The molecule has 0 radical (unpaired) electrons. The third-order valence-corrected chi connectivity index (χ3v) is 7.44. The van der Waals surface area contributed by atoms with E-state index in [0.29, 0.717) is 36.9 Å². The van der Waals surface area contributed by atoms with Gasteiger partial charge in [-0.05, 0) is 24.3 Å². The minimum Gasteiger partial charge on any atom is -0.381 e. The van der Waals surface area contributed by atoms with E-state index < -0.39 is 5.41 Å². The number of benzene rings is 1. The summed E-state index contributed by atoms with van der Waals surface area (Å²) in [5.74, 6) is 2.73. The third-order valence-electron chi connectivity index (χ3n) is 7.44. The zero-order valence-corrected chi connectivity index (χ0v) is 18.5. The van der Waals surface area contributed by atoms with Crippen LogP contribution in [0.25, 0.3) is 0 Å². The van der Waals surface area contributed by atoms with Crippen molar-refractivity contribution in [2.24, 2.45) is 11.8 Å². The molecule has 0 saturated carbocycles. The summed E-state index contributed by atoms with van der Waals surface area (Å²) in [7, 11) is 0. The van der Waals surface area contributed by atoms with E-state index in [-0.39, 0.29) is 0 Å². The van der Waals surface area contributed by atoms with Gasteiger partial charge in [0.05, 0.1) is 5.41 Å². The maximum Gasteiger partial charge on any atom is 0.233 e. The number of amides is 1. The molecule has 3 fully saturated rings. The number of aromatic nitrogens is 2. The van der Waals surface area contributed by atoms with Crippen molar-refractivity contribution in [1.82, 2.24) is 14.9 Å². The van der Waals surface area contributed by atoms with Crippen molar-refractivity contribution in [2.45, 2.75) is 38.0 Å². The Balaban J connectivity index is 1.30. The molecule has 6 heteroatoms. The molecule has 1 amide bonds. The number of rotatable bonds is 4. The van der Waals surface area contributed by atoms with Gasteiger partial charge in [0.1, 0.15) is 12.1 Å². The molecular weight excluding hydrogens is 388 g/mol. The van der Waals surface area contributed by atoms with E-state index in [9.17, 15) is 4.79 Å². The molecule has 3 aliphatic heterocycles. The SMILES string of the molecule is CC(C)c1cc(N2CC3CN(C(=O)C4(c5ccccc5)CCOCC4)CC3C2)ncn1. The fourth-order valence-corrected chi connectivity index (χ4v) is 5.60. The molecule has 0 aliphatic carbocycles. The Hall–Kier alpha value is -2.47. The lowest BCUT2D eigenvalue weighted by molar-refractivity contribution is -0.140. The molecule has 0 N–H and O–H groups in total. The quantitative estimate of drug-likeness (QED) is 0.760. The molecule has 0 bridgehead atoms. The summed E-state index contributed by atoms with van der Waals surface area (Å²) in [5.41, 5.74) is 1.80. The average Bonchev–Trinajstić information content (AvgIpc) is 3.39. The van der Waals surface area contributed by atoms with Crippen LogP contribution in [0.2, 0.25) is 0 Å². The highest BCUT2D eigenvalue weighted by Gasteiger charge is 2.49. The fraction of sp³-hybridized carbons (Fsp3) is 0.560. The first-order chi connectivity index (χ1) is 15.1. The van der Waals surface area contributed by atoms with Crippen LogP contribution >= 0.6 is 0 Å². The Morgan fingerprint density at radius 1 is 1.03 bits per heavy atom. The van der Waals surface area contributed by atoms with Crippen LogP contribution in [-0.4, -0.2) is 60.2 Å². The Bertz CT molecular complexity index is 912. The van der Waals surface area contributed by atoms with Gasteiger partial charge in [0.15, 0.2) is 0 Å². The van der Waals surface area contributed by atoms with Crippen LogP contribution in [0.15, 0.2) is 42.7 Å². The van der Waals surface area contributed by atoms with Crippen LogP contribution in [0.4, 0.5) is 5.82 Å². The number of hydrogen-bond acceptors (Lipinski definition) is 5. The highest BCUT2D eigenvalue weighted by Crippen LogP contribution is 2.40. The van der Waals surface area contributed by atoms with E-state index in [1.165, 1.54) is 0 Å². The second kappa shape index (κ2) is 8.23. The van der Waals surface area contributed by atoms with Crippen LogP contribution in [0.5, 0.6) is 0 Å². The van der Waals surface area contributed by atoms with E-state index in [2.05, 4.69) is 51.8 Å². The van der Waals surface area contributed by atoms with Crippen molar-refractivity contribution in [3.05, 3.63) is 54.0 Å². The van der Waals surface area contributed by atoms with Crippen molar-refractivity contribution in [1.29, 1.82) is 0 Å². The second-order valence-electron chi connectivity index (χ2n) is 9.65. The molecule has 2 aromatic rings. The standard InChI is InChI=1S/C25H32N4O2/c1-18(2)22-12-23(27-17-26-22)28-13-19-15-29(16-20(19)14-28)24(30)25(8-10-31-11-9-25)21-6-4-3-5-7-21/h3-7,12,17-20H,8-11,13-16H2,1-2H3. The maximum absolute atomic E-state index is 13.9. The van der Waals surface area contributed by atoms with E-state index in [0.717, 1.165) is 56.1 Å². The van der Waals surface area contributed by atoms with Gasteiger partial charge in [-0.15, -0.1) is 0 Å². The molecule has 1 aromatic carbocycles. The van der Waals surface area contributed by atoms with Crippen LogP contribution < -0.4 is 4.90 Å². The molecule has 164 valence electrons. The highest BCUT2D eigenvalue weighted by molar-refractivity contribution is 5.88. The first-order valence-corrected chi connectivity index (χ1v) is 11.6. The van der Waals surface area contributed by atoms with Gasteiger partial charge in [-0.25, -0.2) is 9.97 Å². The number of hydrogen-bond donors (Lipinski definition) is 0. The molecule has 3 saturated heterocycles. The first kappa shape index (κ1) is 20.4. The molecule has 6 nitrogen and oxygen atoms in total. The Morgan fingerprint density at radius 3 is 2.35 bits per heavy atom. The highest BCUT2D eigenvalue weighted by atomic mass is 16.5. The predicted octanol–water partition coefficient (Wildman–Crippen LogP) is 3.24. The normalized spacial score (nSPS) is 25.1. The molecule has 3 aliphatic rings. The molecule has 2 unspecified atom stereocenters. The van der Waals surface area contributed by atoms with Gasteiger partial charge in [-0.3, -0.25) is 4.79 Å².